The molecule has 0 aliphatic rings. The maximum atomic E-state index is 5.37. The van der Waals surface area contributed by atoms with Crippen LogP contribution in [0.25, 0.3) is 0 Å². The summed E-state index contributed by atoms with van der Waals surface area (Å²) in [6.07, 6.45) is 0. The summed E-state index contributed by atoms with van der Waals surface area (Å²) in [7, 11) is 9.88. The van der Waals surface area contributed by atoms with Crippen LogP contribution in [0.4, 0.5) is 0 Å². The number of methoxy groups -OCH3 is 1. The van der Waals surface area contributed by atoms with E-state index in [4.69, 9.17) is 9.73 Å². The second-order valence-electron chi connectivity index (χ2n) is 6.66. The summed E-state index contributed by atoms with van der Waals surface area (Å²) in [6, 6.07) is 18.7. The Hall–Kier alpha value is -2.53. The fourth-order valence-electron chi connectivity index (χ4n) is 2.74. The van der Waals surface area contributed by atoms with Gasteiger partial charge in [-0.15, -0.1) is 0 Å². The quantitative estimate of drug-likeness (QED) is 0.613. The van der Waals surface area contributed by atoms with E-state index in [2.05, 4.69) is 48.6 Å². The number of hydrogen-bond donors (Lipinski definition) is 1. The van der Waals surface area contributed by atoms with Crippen molar-refractivity contribution in [2.75, 3.05) is 41.8 Å². The van der Waals surface area contributed by atoms with E-state index in [0.717, 1.165) is 18.3 Å². The largest absolute Gasteiger partial charge is 0.497 e. The summed E-state index contributed by atoms with van der Waals surface area (Å²) in [6.45, 7) is 1.42. The molecule has 0 radical (unpaired) electrons. The van der Waals surface area contributed by atoms with E-state index < -0.39 is 0 Å². The molecule has 0 amide bonds. The van der Waals surface area contributed by atoms with Crippen molar-refractivity contribution in [2.45, 2.75) is 12.6 Å². The van der Waals surface area contributed by atoms with Crippen molar-refractivity contribution >= 4 is 5.96 Å². The minimum atomic E-state index is 0.215. The van der Waals surface area contributed by atoms with Crippen LogP contribution in [-0.4, -0.2) is 57.6 Å². The predicted octanol–water partition coefficient (Wildman–Crippen LogP) is 3.01. The highest BCUT2D eigenvalue weighted by Crippen LogP contribution is 2.22. The fourth-order valence-corrected chi connectivity index (χ4v) is 2.74. The molecule has 5 nitrogen and oxygen atoms in total. The molecule has 2 aromatic rings. The smallest absolute Gasteiger partial charge is 0.193 e. The number of ether oxygens (including phenoxy) is 1. The Labute approximate surface area is 157 Å². The van der Waals surface area contributed by atoms with E-state index in [9.17, 15) is 0 Å². The molecule has 0 saturated heterocycles. The third-order valence-corrected chi connectivity index (χ3v) is 4.23. The molecule has 0 aromatic heterocycles. The van der Waals surface area contributed by atoms with Crippen molar-refractivity contribution in [2.24, 2.45) is 4.99 Å². The minimum Gasteiger partial charge on any atom is -0.497 e. The normalized spacial score (nSPS) is 12.8. The van der Waals surface area contributed by atoms with Crippen molar-refractivity contribution in [3.05, 3.63) is 65.7 Å². The van der Waals surface area contributed by atoms with Crippen molar-refractivity contribution in [3.8, 4) is 5.75 Å². The van der Waals surface area contributed by atoms with Gasteiger partial charge < -0.3 is 19.9 Å². The summed E-state index contributed by atoms with van der Waals surface area (Å²) in [5.74, 6) is 1.75. The summed E-state index contributed by atoms with van der Waals surface area (Å²) in [4.78, 5) is 8.96. The third kappa shape index (κ3) is 5.77. The first kappa shape index (κ1) is 19.8. The van der Waals surface area contributed by atoms with Gasteiger partial charge in [-0.1, -0.05) is 42.5 Å². The first-order chi connectivity index (χ1) is 12.5. The van der Waals surface area contributed by atoms with Crippen LogP contribution < -0.4 is 10.1 Å². The summed E-state index contributed by atoms with van der Waals surface area (Å²) >= 11 is 0. The Morgan fingerprint density at radius 2 is 1.77 bits per heavy atom. The van der Waals surface area contributed by atoms with E-state index in [1.54, 1.807) is 7.11 Å². The van der Waals surface area contributed by atoms with Gasteiger partial charge in [-0.2, -0.15) is 0 Å². The Bertz CT molecular complexity index is 698. The molecular formula is C21H30N4O. The number of likely N-dealkylation sites (N-methyl/N-ethyl adjacent to an activating group) is 1. The Kier molecular flexibility index (Phi) is 7.48. The summed E-state index contributed by atoms with van der Waals surface area (Å²) in [5.41, 5.74) is 2.41. The Balaban J connectivity index is 2.09. The van der Waals surface area contributed by atoms with Crippen LogP contribution in [0.15, 0.2) is 59.6 Å². The van der Waals surface area contributed by atoms with Crippen LogP contribution in [0.3, 0.4) is 0 Å². The molecule has 0 aliphatic heterocycles. The zero-order valence-corrected chi connectivity index (χ0v) is 16.4. The molecule has 0 spiro atoms. The number of benzene rings is 2. The lowest BCUT2D eigenvalue weighted by atomic mass is 10.1. The molecule has 1 unspecified atom stereocenters. The molecule has 26 heavy (non-hydrogen) atoms. The van der Waals surface area contributed by atoms with Gasteiger partial charge in [-0.25, -0.2) is 4.99 Å². The van der Waals surface area contributed by atoms with Crippen molar-refractivity contribution in [1.29, 1.82) is 0 Å². The lowest BCUT2D eigenvalue weighted by Crippen LogP contribution is -2.41. The number of hydrogen-bond acceptors (Lipinski definition) is 3. The molecule has 1 atom stereocenters. The lowest BCUT2D eigenvalue weighted by molar-refractivity contribution is 0.295. The van der Waals surface area contributed by atoms with Crippen LogP contribution in [0.2, 0.25) is 0 Å². The van der Waals surface area contributed by atoms with E-state index in [1.165, 1.54) is 11.1 Å². The highest BCUT2D eigenvalue weighted by atomic mass is 16.5. The molecule has 2 aromatic carbocycles. The van der Waals surface area contributed by atoms with Gasteiger partial charge in [0.1, 0.15) is 5.75 Å². The zero-order chi connectivity index (χ0) is 18.9. The molecule has 1 N–H and O–H groups in total. The average Bonchev–Trinajstić information content (AvgIpc) is 2.64. The minimum absolute atomic E-state index is 0.215. The van der Waals surface area contributed by atoms with E-state index in [0.29, 0.717) is 6.54 Å². The third-order valence-electron chi connectivity index (χ3n) is 4.23. The lowest BCUT2D eigenvalue weighted by Gasteiger charge is -2.27. The highest BCUT2D eigenvalue weighted by molar-refractivity contribution is 5.79. The Morgan fingerprint density at radius 3 is 2.38 bits per heavy atom. The van der Waals surface area contributed by atoms with Gasteiger partial charge in [-0.3, -0.25) is 0 Å². The zero-order valence-electron chi connectivity index (χ0n) is 16.4. The Morgan fingerprint density at radius 1 is 1.04 bits per heavy atom. The van der Waals surface area contributed by atoms with Crippen molar-refractivity contribution in [1.82, 2.24) is 15.1 Å². The molecule has 2 rings (SSSR count). The predicted molar refractivity (Wildman–Crippen MR) is 109 cm³/mol. The van der Waals surface area contributed by atoms with Gasteiger partial charge in [0, 0.05) is 20.6 Å². The maximum absolute atomic E-state index is 5.37. The number of nitrogens with zero attached hydrogens (tertiary/aromatic N) is 3. The van der Waals surface area contributed by atoms with Crippen LogP contribution in [0.5, 0.6) is 5.75 Å². The van der Waals surface area contributed by atoms with Gasteiger partial charge in [0.25, 0.3) is 0 Å². The SMILES string of the molecule is COc1cccc(C(CNC(=NCc2ccccc2)N(C)C)N(C)C)c1. The number of nitrogens with one attached hydrogen (secondary N) is 1. The summed E-state index contributed by atoms with van der Waals surface area (Å²) in [5, 5.41) is 3.50. The average molecular weight is 354 g/mol. The van der Waals surface area contributed by atoms with Crippen LogP contribution >= 0.6 is 0 Å². The van der Waals surface area contributed by atoms with Crippen LogP contribution in [0.1, 0.15) is 17.2 Å². The summed E-state index contributed by atoms with van der Waals surface area (Å²) < 4.78 is 5.37. The molecule has 0 bridgehead atoms. The fraction of sp³-hybridized carbons (Fsp3) is 0.381. The molecule has 0 aliphatic carbocycles. The van der Waals surface area contributed by atoms with Crippen LogP contribution in [-0.2, 0) is 6.54 Å². The molecule has 5 heteroatoms. The monoisotopic (exact) mass is 354 g/mol. The maximum Gasteiger partial charge on any atom is 0.193 e. The number of rotatable bonds is 7. The first-order valence-electron chi connectivity index (χ1n) is 8.81. The van der Waals surface area contributed by atoms with Crippen LogP contribution in [0, 0.1) is 0 Å². The molecular weight excluding hydrogens is 324 g/mol. The molecule has 140 valence electrons. The standard InChI is InChI=1S/C21H30N4O/c1-24(2)20(18-12-9-13-19(14-18)26-5)16-23-21(25(3)4)22-15-17-10-7-6-8-11-17/h6-14,20H,15-16H2,1-5H3,(H,22,23). The first-order valence-corrected chi connectivity index (χ1v) is 8.81. The van der Waals surface area contributed by atoms with Gasteiger partial charge in [0.05, 0.1) is 19.7 Å². The van der Waals surface area contributed by atoms with E-state index in [1.807, 2.05) is 49.3 Å². The van der Waals surface area contributed by atoms with Crippen molar-refractivity contribution < 1.29 is 4.74 Å². The highest BCUT2D eigenvalue weighted by Gasteiger charge is 2.16. The topological polar surface area (TPSA) is 40.1 Å². The van der Waals surface area contributed by atoms with Gasteiger partial charge in [-0.05, 0) is 37.4 Å². The molecule has 0 heterocycles. The number of guanidine groups is 1. The second kappa shape index (κ2) is 9.82. The van der Waals surface area contributed by atoms with E-state index in [-0.39, 0.29) is 6.04 Å². The van der Waals surface area contributed by atoms with Gasteiger partial charge >= 0.3 is 0 Å². The van der Waals surface area contributed by atoms with E-state index >= 15 is 0 Å². The number of aliphatic imine (C=N–C) groups is 1. The molecule has 0 saturated carbocycles. The second-order valence-corrected chi connectivity index (χ2v) is 6.66. The molecule has 0 fully saturated rings. The van der Waals surface area contributed by atoms with Gasteiger partial charge in [0.2, 0.25) is 0 Å². The van der Waals surface area contributed by atoms with Crippen molar-refractivity contribution in [3.63, 3.8) is 0 Å². The van der Waals surface area contributed by atoms with Gasteiger partial charge in [0.15, 0.2) is 5.96 Å².